The van der Waals surface area contributed by atoms with Crippen molar-refractivity contribution in [2.45, 2.75) is 6.54 Å². The van der Waals surface area contributed by atoms with Crippen LogP contribution in [0.5, 0.6) is 0 Å². The summed E-state index contributed by atoms with van der Waals surface area (Å²) in [6.07, 6.45) is 5.06. The second kappa shape index (κ2) is 2.85. The van der Waals surface area contributed by atoms with Gasteiger partial charge in [0.15, 0.2) is 5.69 Å². The zero-order chi connectivity index (χ0) is 9.26. The van der Waals surface area contributed by atoms with Crippen LogP contribution in [0.15, 0.2) is 17.1 Å². The van der Waals surface area contributed by atoms with Crippen LogP contribution < -0.4 is 0 Å². The average Bonchev–Trinajstić information content (AvgIpc) is 2.38. The molecule has 1 aliphatic rings. The lowest BCUT2D eigenvalue weighted by atomic mass is 10.3. The molecule has 1 aromatic rings. The Morgan fingerprint density at radius 2 is 2.46 bits per heavy atom. The fourth-order valence-corrected chi connectivity index (χ4v) is 1.11. The first-order valence-corrected chi connectivity index (χ1v) is 3.76. The van der Waals surface area contributed by atoms with E-state index in [2.05, 4.69) is 10.1 Å². The van der Waals surface area contributed by atoms with E-state index in [1.54, 1.807) is 18.5 Å². The molecule has 0 aliphatic carbocycles. The van der Waals surface area contributed by atoms with Crippen LogP contribution in [0.2, 0.25) is 0 Å². The highest BCUT2D eigenvalue weighted by molar-refractivity contribution is 5.85. The Hall–Kier alpha value is -1.91. The summed E-state index contributed by atoms with van der Waals surface area (Å²) in [6.45, 7) is 0.466. The highest BCUT2D eigenvalue weighted by Gasteiger charge is 2.11. The van der Waals surface area contributed by atoms with Gasteiger partial charge in [-0.2, -0.15) is 5.10 Å². The van der Waals surface area contributed by atoms with Gasteiger partial charge in [0.1, 0.15) is 0 Å². The molecule has 2 rings (SSSR count). The molecule has 0 radical (unpaired) electrons. The van der Waals surface area contributed by atoms with Crippen LogP contribution in [-0.2, 0) is 6.54 Å². The fourth-order valence-electron chi connectivity index (χ4n) is 1.11. The highest BCUT2D eigenvalue weighted by atomic mass is 16.4. The molecule has 0 saturated carbocycles. The number of allylic oxidation sites excluding steroid dienone is 1. The third-order valence-corrected chi connectivity index (χ3v) is 1.70. The van der Waals surface area contributed by atoms with Gasteiger partial charge in [-0.25, -0.2) is 9.48 Å². The van der Waals surface area contributed by atoms with Gasteiger partial charge in [-0.15, -0.1) is 0 Å². The molecule has 5 heteroatoms. The number of carboxylic acids is 1. The second-order valence-corrected chi connectivity index (χ2v) is 2.60. The number of fused-ring (bicyclic) bond motifs is 1. The van der Waals surface area contributed by atoms with Crippen LogP contribution in [-0.4, -0.2) is 27.1 Å². The molecule has 0 bridgehead atoms. The largest absolute Gasteiger partial charge is 0.476 e. The maximum absolute atomic E-state index is 10.6. The maximum atomic E-state index is 10.6. The molecule has 0 amide bonds. The number of aromatic nitrogens is 2. The SMILES string of the molecule is O=C(O)c1cc2n(n1)C=CC=NC2. The van der Waals surface area contributed by atoms with Crippen LogP contribution in [0.3, 0.4) is 0 Å². The Labute approximate surface area is 74.0 Å². The standard InChI is InChI=1S/C8H7N3O2/c12-8(13)7-4-6-5-9-2-1-3-11(6)10-7/h1-4H,5H2,(H,12,13). The second-order valence-electron chi connectivity index (χ2n) is 2.60. The van der Waals surface area contributed by atoms with Crippen molar-refractivity contribution in [3.63, 3.8) is 0 Å². The summed E-state index contributed by atoms with van der Waals surface area (Å²) in [7, 11) is 0. The first-order valence-electron chi connectivity index (χ1n) is 3.76. The maximum Gasteiger partial charge on any atom is 0.356 e. The van der Waals surface area contributed by atoms with Gasteiger partial charge in [0.2, 0.25) is 0 Å². The van der Waals surface area contributed by atoms with Crippen molar-refractivity contribution >= 4 is 18.4 Å². The Bertz CT molecular complexity index is 404. The number of aliphatic imine (C=N–C) groups is 1. The summed E-state index contributed by atoms with van der Waals surface area (Å²) in [5, 5.41) is 12.5. The van der Waals surface area contributed by atoms with E-state index < -0.39 is 5.97 Å². The molecular weight excluding hydrogens is 170 g/mol. The Balaban J connectivity index is 2.46. The van der Waals surface area contributed by atoms with E-state index in [-0.39, 0.29) is 5.69 Å². The molecule has 0 atom stereocenters. The topological polar surface area (TPSA) is 67.5 Å². The average molecular weight is 177 g/mol. The number of rotatable bonds is 1. The van der Waals surface area contributed by atoms with Crippen LogP contribution in [0.4, 0.5) is 0 Å². The highest BCUT2D eigenvalue weighted by Crippen LogP contribution is 2.08. The quantitative estimate of drug-likeness (QED) is 0.684. The molecule has 0 unspecified atom stereocenters. The van der Waals surface area contributed by atoms with Crippen molar-refractivity contribution in [1.82, 2.24) is 9.78 Å². The van der Waals surface area contributed by atoms with E-state index in [1.165, 1.54) is 10.7 Å². The fraction of sp³-hybridized carbons (Fsp3) is 0.125. The number of nitrogens with zero attached hydrogens (tertiary/aromatic N) is 3. The van der Waals surface area contributed by atoms with E-state index in [0.717, 1.165) is 5.69 Å². The van der Waals surface area contributed by atoms with E-state index >= 15 is 0 Å². The molecule has 66 valence electrons. The number of aromatic carboxylic acids is 1. The zero-order valence-electron chi connectivity index (χ0n) is 6.71. The van der Waals surface area contributed by atoms with Crippen LogP contribution in [0.25, 0.3) is 6.20 Å². The van der Waals surface area contributed by atoms with Gasteiger partial charge in [-0.1, -0.05) is 0 Å². The summed E-state index contributed by atoms with van der Waals surface area (Å²) in [4.78, 5) is 14.6. The Morgan fingerprint density at radius 3 is 3.23 bits per heavy atom. The van der Waals surface area contributed by atoms with Crippen molar-refractivity contribution in [3.05, 3.63) is 23.5 Å². The van der Waals surface area contributed by atoms with Crippen molar-refractivity contribution in [3.8, 4) is 0 Å². The van der Waals surface area contributed by atoms with E-state index in [4.69, 9.17) is 5.11 Å². The van der Waals surface area contributed by atoms with Crippen molar-refractivity contribution in [2.24, 2.45) is 4.99 Å². The number of carboxylic acid groups (broad SMARTS) is 1. The molecule has 2 heterocycles. The van der Waals surface area contributed by atoms with Gasteiger partial charge in [0.25, 0.3) is 0 Å². The predicted molar refractivity (Wildman–Crippen MR) is 46.7 cm³/mol. The van der Waals surface area contributed by atoms with Crippen molar-refractivity contribution in [1.29, 1.82) is 0 Å². The van der Waals surface area contributed by atoms with E-state index in [9.17, 15) is 4.79 Å². The lowest BCUT2D eigenvalue weighted by molar-refractivity contribution is 0.0690. The minimum absolute atomic E-state index is 0.0525. The normalized spacial score (nSPS) is 13.8. The monoisotopic (exact) mass is 177 g/mol. The molecule has 0 spiro atoms. The van der Waals surface area contributed by atoms with Crippen molar-refractivity contribution < 1.29 is 9.90 Å². The summed E-state index contributed by atoms with van der Waals surface area (Å²) in [6, 6.07) is 1.52. The van der Waals surface area contributed by atoms with Gasteiger partial charge < -0.3 is 5.11 Å². The Morgan fingerprint density at radius 1 is 1.62 bits per heavy atom. The third kappa shape index (κ3) is 1.35. The molecular formula is C8H7N3O2. The lowest BCUT2D eigenvalue weighted by Crippen LogP contribution is -1.98. The van der Waals surface area contributed by atoms with Gasteiger partial charge in [0, 0.05) is 12.4 Å². The summed E-state index contributed by atoms with van der Waals surface area (Å²) in [5.41, 5.74) is 0.833. The molecule has 1 aromatic heterocycles. The van der Waals surface area contributed by atoms with Crippen LogP contribution >= 0.6 is 0 Å². The van der Waals surface area contributed by atoms with Gasteiger partial charge in [-0.3, -0.25) is 4.99 Å². The summed E-state index contributed by atoms with van der Waals surface area (Å²) in [5.74, 6) is -1.02. The molecule has 0 fully saturated rings. The van der Waals surface area contributed by atoms with Gasteiger partial charge in [-0.05, 0) is 12.1 Å². The van der Waals surface area contributed by atoms with E-state index in [1.807, 2.05) is 0 Å². The number of hydrogen-bond donors (Lipinski definition) is 1. The number of hydrogen-bond acceptors (Lipinski definition) is 3. The summed E-state index contributed by atoms with van der Waals surface area (Å²) < 4.78 is 1.52. The molecule has 5 nitrogen and oxygen atoms in total. The van der Waals surface area contributed by atoms with Gasteiger partial charge >= 0.3 is 5.97 Å². The lowest BCUT2D eigenvalue weighted by Gasteiger charge is -1.93. The molecule has 0 aromatic carbocycles. The molecule has 13 heavy (non-hydrogen) atoms. The first-order chi connectivity index (χ1) is 6.27. The minimum atomic E-state index is -1.02. The van der Waals surface area contributed by atoms with Crippen LogP contribution in [0, 0.1) is 0 Å². The summed E-state index contributed by atoms with van der Waals surface area (Å²) >= 11 is 0. The third-order valence-electron chi connectivity index (χ3n) is 1.70. The van der Waals surface area contributed by atoms with Crippen LogP contribution in [0.1, 0.15) is 16.2 Å². The predicted octanol–water partition coefficient (Wildman–Crippen LogP) is 0.636. The molecule has 0 saturated heterocycles. The number of carbonyl (C=O) groups is 1. The minimum Gasteiger partial charge on any atom is -0.476 e. The molecule has 1 aliphatic heterocycles. The Kier molecular flexibility index (Phi) is 1.70. The van der Waals surface area contributed by atoms with Gasteiger partial charge in [0.05, 0.1) is 12.2 Å². The van der Waals surface area contributed by atoms with Crippen molar-refractivity contribution in [2.75, 3.05) is 0 Å². The molecule has 1 N–H and O–H groups in total. The smallest absolute Gasteiger partial charge is 0.356 e. The van der Waals surface area contributed by atoms with E-state index in [0.29, 0.717) is 6.54 Å². The first kappa shape index (κ1) is 7.72. The zero-order valence-corrected chi connectivity index (χ0v) is 6.71.